The van der Waals surface area contributed by atoms with Gasteiger partial charge in [0.05, 0.1) is 17.9 Å². The fourth-order valence-electron chi connectivity index (χ4n) is 2.30. The maximum absolute atomic E-state index is 13.8. The highest BCUT2D eigenvalue weighted by molar-refractivity contribution is 9.10. The molecular weight excluding hydrogens is 447 g/mol. The summed E-state index contributed by atoms with van der Waals surface area (Å²) in [4.78, 5) is 36.3. The van der Waals surface area contributed by atoms with Gasteiger partial charge in [-0.1, -0.05) is 28.1 Å². The number of hydrogen-bond donors (Lipinski definition) is 2. The summed E-state index contributed by atoms with van der Waals surface area (Å²) in [7, 11) is 0. The molecule has 0 aromatic heterocycles. The molecule has 2 aromatic carbocycles. The van der Waals surface area contributed by atoms with Crippen LogP contribution in [0.15, 0.2) is 46.9 Å². The van der Waals surface area contributed by atoms with Gasteiger partial charge in [-0.25, -0.2) is 4.39 Å². The lowest BCUT2D eigenvalue weighted by Gasteiger charge is -2.15. The van der Waals surface area contributed by atoms with Crippen LogP contribution in [0.25, 0.3) is 0 Å². The molecule has 0 heterocycles. The van der Waals surface area contributed by atoms with Crippen LogP contribution in [0.3, 0.4) is 0 Å². The van der Waals surface area contributed by atoms with Gasteiger partial charge in [-0.05, 0) is 44.2 Å². The average molecular weight is 467 g/mol. The number of carbonyl (C=O) groups excluding carboxylic acids is 3. The molecule has 2 rings (SSSR count). The minimum absolute atomic E-state index is 0.0399. The Labute approximate surface area is 175 Å². The molecule has 154 valence electrons. The minimum atomic E-state index is -1.18. The van der Waals surface area contributed by atoms with Crippen LogP contribution in [0.5, 0.6) is 5.75 Å². The number of para-hydroxylation sites is 1. The molecule has 1 unspecified atom stereocenters. The van der Waals surface area contributed by atoms with Crippen molar-refractivity contribution in [2.24, 2.45) is 0 Å². The highest BCUT2D eigenvalue weighted by Crippen LogP contribution is 2.20. The molecule has 0 aliphatic rings. The normalized spacial score (nSPS) is 11.3. The number of esters is 1. The van der Waals surface area contributed by atoms with Crippen LogP contribution in [-0.4, -0.2) is 37.0 Å². The topological polar surface area (TPSA) is 93.7 Å². The third-order valence-corrected chi connectivity index (χ3v) is 4.18. The van der Waals surface area contributed by atoms with E-state index in [9.17, 15) is 18.8 Å². The molecule has 2 amide bonds. The lowest BCUT2D eigenvalue weighted by molar-refractivity contribution is -0.152. The van der Waals surface area contributed by atoms with E-state index >= 15 is 0 Å². The maximum atomic E-state index is 13.8. The first-order valence-electron chi connectivity index (χ1n) is 8.77. The summed E-state index contributed by atoms with van der Waals surface area (Å²) in [5, 5.41) is 4.76. The fourth-order valence-corrected chi connectivity index (χ4v) is 2.63. The summed E-state index contributed by atoms with van der Waals surface area (Å²) in [5.41, 5.74) is 0.237. The quantitative estimate of drug-likeness (QED) is 0.582. The van der Waals surface area contributed by atoms with Crippen LogP contribution in [-0.2, 0) is 14.3 Å². The molecule has 0 radical (unpaired) electrons. The van der Waals surface area contributed by atoms with Gasteiger partial charge in [-0.2, -0.15) is 0 Å². The van der Waals surface area contributed by atoms with Gasteiger partial charge in [-0.15, -0.1) is 0 Å². The number of amides is 2. The second-order valence-electron chi connectivity index (χ2n) is 5.86. The van der Waals surface area contributed by atoms with Crippen LogP contribution in [0, 0.1) is 5.82 Å². The summed E-state index contributed by atoms with van der Waals surface area (Å²) in [5.74, 6) is -2.27. The van der Waals surface area contributed by atoms with Crippen LogP contribution in [0.2, 0.25) is 0 Å². The Hall–Kier alpha value is -2.94. The van der Waals surface area contributed by atoms with Gasteiger partial charge in [-0.3, -0.25) is 14.4 Å². The third kappa shape index (κ3) is 6.56. The standard InChI is InChI=1S/C20H20BrFN2O5/c1-3-28-17-7-5-4-6-14(17)20(27)23-11-18(25)29-12(2)19(26)24-16-9-8-13(21)10-15(16)22/h4-10,12H,3,11H2,1-2H3,(H,23,27)(H,24,26). The van der Waals surface area contributed by atoms with E-state index in [1.807, 2.05) is 0 Å². The Kier molecular flexibility index (Phi) is 8.14. The van der Waals surface area contributed by atoms with Crippen LogP contribution in [0.4, 0.5) is 10.1 Å². The monoisotopic (exact) mass is 466 g/mol. The highest BCUT2D eigenvalue weighted by Gasteiger charge is 2.20. The zero-order valence-electron chi connectivity index (χ0n) is 15.8. The largest absolute Gasteiger partial charge is 0.493 e. The van der Waals surface area contributed by atoms with Crippen molar-refractivity contribution >= 4 is 39.4 Å². The van der Waals surface area contributed by atoms with Crippen molar-refractivity contribution in [2.45, 2.75) is 20.0 Å². The fraction of sp³-hybridized carbons (Fsp3) is 0.250. The number of rotatable bonds is 8. The van der Waals surface area contributed by atoms with Crippen molar-refractivity contribution in [2.75, 3.05) is 18.5 Å². The number of anilines is 1. The Morgan fingerprint density at radius 2 is 1.90 bits per heavy atom. The van der Waals surface area contributed by atoms with Gasteiger partial charge >= 0.3 is 5.97 Å². The third-order valence-electron chi connectivity index (χ3n) is 3.69. The van der Waals surface area contributed by atoms with Crippen molar-refractivity contribution in [3.05, 3.63) is 58.3 Å². The molecule has 2 aromatic rings. The van der Waals surface area contributed by atoms with Crippen LogP contribution >= 0.6 is 15.9 Å². The predicted octanol–water partition coefficient (Wildman–Crippen LogP) is 3.29. The minimum Gasteiger partial charge on any atom is -0.493 e. The molecular formula is C20H20BrFN2O5. The Morgan fingerprint density at radius 1 is 1.17 bits per heavy atom. The maximum Gasteiger partial charge on any atom is 0.326 e. The van der Waals surface area contributed by atoms with Gasteiger partial charge in [0.15, 0.2) is 6.10 Å². The molecule has 0 fully saturated rings. The molecule has 0 saturated carbocycles. The number of carbonyl (C=O) groups is 3. The Balaban J connectivity index is 1.86. The molecule has 1 atom stereocenters. The smallest absolute Gasteiger partial charge is 0.326 e. The summed E-state index contributed by atoms with van der Waals surface area (Å²) < 4.78 is 24.7. The van der Waals surface area contributed by atoms with E-state index in [0.29, 0.717) is 16.8 Å². The average Bonchev–Trinajstić information content (AvgIpc) is 2.68. The molecule has 29 heavy (non-hydrogen) atoms. The van der Waals surface area contributed by atoms with Crippen molar-refractivity contribution in [1.82, 2.24) is 5.32 Å². The summed E-state index contributed by atoms with van der Waals surface area (Å²) in [6.07, 6.45) is -1.18. The van der Waals surface area contributed by atoms with Crippen molar-refractivity contribution < 1.29 is 28.2 Å². The molecule has 0 aliphatic carbocycles. The van der Waals surface area contributed by atoms with Gasteiger partial charge in [0.1, 0.15) is 18.1 Å². The molecule has 0 spiro atoms. The summed E-state index contributed by atoms with van der Waals surface area (Å²) in [6, 6.07) is 10.7. The zero-order valence-corrected chi connectivity index (χ0v) is 17.4. The molecule has 0 aliphatic heterocycles. The first-order chi connectivity index (χ1) is 13.8. The number of benzene rings is 2. The van der Waals surface area contributed by atoms with Gasteiger partial charge in [0, 0.05) is 4.47 Å². The number of halogens is 2. The molecule has 9 heteroatoms. The van der Waals surface area contributed by atoms with Crippen molar-refractivity contribution in [1.29, 1.82) is 0 Å². The first kappa shape index (κ1) is 22.4. The molecule has 0 bridgehead atoms. The summed E-state index contributed by atoms with van der Waals surface area (Å²) >= 11 is 3.12. The van der Waals surface area contributed by atoms with Crippen LogP contribution < -0.4 is 15.4 Å². The van der Waals surface area contributed by atoms with E-state index in [-0.39, 0.29) is 11.3 Å². The lowest BCUT2D eigenvalue weighted by Crippen LogP contribution is -2.36. The Morgan fingerprint density at radius 3 is 2.59 bits per heavy atom. The van der Waals surface area contributed by atoms with Gasteiger partial charge in [0.2, 0.25) is 0 Å². The lowest BCUT2D eigenvalue weighted by atomic mass is 10.2. The zero-order chi connectivity index (χ0) is 21.4. The van der Waals surface area contributed by atoms with E-state index in [1.165, 1.54) is 19.1 Å². The number of hydrogen-bond acceptors (Lipinski definition) is 5. The van der Waals surface area contributed by atoms with E-state index < -0.39 is 36.2 Å². The van der Waals surface area contributed by atoms with E-state index in [2.05, 4.69) is 26.6 Å². The highest BCUT2D eigenvalue weighted by atomic mass is 79.9. The molecule has 2 N–H and O–H groups in total. The van der Waals surface area contributed by atoms with Crippen molar-refractivity contribution in [3.8, 4) is 5.75 Å². The van der Waals surface area contributed by atoms with Crippen molar-refractivity contribution in [3.63, 3.8) is 0 Å². The molecule has 0 saturated heterocycles. The van der Waals surface area contributed by atoms with Gasteiger partial charge < -0.3 is 20.1 Å². The molecule has 7 nitrogen and oxygen atoms in total. The SMILES string of the molecule is CCOc1ccccc1C(=O)NCC(=O)OC(C)C(=O)Nc1ccc(Br)cc1F. The second-order valence-corrected chi connectivity index (χ2v) is 6.77. The van der Waals surface area contributed by atoms with Crippen LogP contribution in [0.1, 0.15) is 24.2 Å². The van der Waals surface area contributed by atoms with E-state index in [4.69, 9.17) is 9.47 Å². The van der Waals surface area contributed by atoms with E-state index in [0.717, 1.165) is 0 Å². The predicted molar refractivity (Wildman–Crippen MR) is 108 cm³/mol. The first-order valence-corrected chi connectivity index (χ1v) is 9.56. The number of ether oxygens (including phenoxy) is 2. The Bertz CT molecular complexity index is 906. The van der Waals surface area contributed by atoms with E-state index in [1.54, 1.807) is 37.3 Å². The second kappa shape index (κ2) is 10.6. The summed E-state index contributed by atoms with van der Waals surface area (Å²) in [6.45, 7) is 3.08. The van der Waals surface area contributed by atoms with Gasteiger partial charge in [0.25, 0.3) is 11.8 Å². The number of nitrogens with one attached hydrogen (secondary N) is 2.